The number of nitrogens with zero attached hydrogens (tertiary/aromatic N) is 4. The molecule has 0 N–H and O–H groups in total. The Hall–Kier alpha value is -2.81. The first-order valence-corrected chi connectivity index (χ1v) is 7.28. The van der Waals surface area contributed by atoms with Crippen LogP contribution < -0.4 is 0 Å². The summed E-state index contributed by atoms with van der Waals surface area (Å²) in [6.45, 7) is 3.84. The van der Waals surface area contributed by atoms with Gasteiger partial charge in [0.2, 0.25) is 17.7 Å². The zero-order valence-corrected chi connectivity index (χ0v) is 13.6. The Kier molecular flexibility index (Phi) is 5.59. The van der Waals surface area contributed by atoms with E-state index in [9.17, 15) is 14.9 Å². The zero-order valence-electron chi connectivity index (χ0n) is 13.6. The minimum Gasteiger partial charge on any atom is -0.419 e. The van der Waals surface area contributed by atoms with Gasteiger partial charge in [-0.3, -0.25) is 14.9 Å². The molecule has 2 rings (SSSR count). The summed E-state index contributed by atoms with van der Waals surface area (Å²) in [5.74, 6) is 0.217. The first kappa shape index (κ1) is 17.5. The molecule has 9 heteroatoms. The summed E-state index contributed by atoms with van der Waals surface area (Å²) in [7, 11) is 1.45. The molecule has 0 aliphatic heterocycles. The van der Waals surface area contributed by atoms with Crippen LogP contribution in [0.15, 0.2) is 28.7 Å². The first-order chi connectivity index (χ1) is 11.4. The lowest BCUT2D eigenvalue weighted by atomic mass is 10.2. The number of methoxy groups -OCH3 is 1. The fourth-order valence-electron chi connectivity index (χ4n) is 2.10. The number of nitro groups is 1. The van der Waals surface area contributed by atoms with Crippen molar-refractivity contribution in [3.63, 3.8) is 0 Å². The average Bonchev–Trinajstić information content (AvgIpc) is 3.01. The highest BCUT2D eigenvalue weighted by Crippen LogP contribution is 2.23. The average molecular weight is 334 g/mol. The lowest BCUT2D eigenvalue weighted by Gasteiger charge is -2.24. The Balaban J connectivity index is 2.19. The van der Waals surface area contributed by atoms with Crippen LogP contribution in [0.1, 0.15) is 19.7 Å². The van der Waals surface area contributed by atoms with Gasteiger partial charge in [-0.15, -0.1) is 10.2 Å². The first-order valence-electron chi connectivity index (χ1n) is 7.28. The van der Waals surface area contributed by atoms with Crippen molar-refractivity contribution >= 4 is 11.6 Å². The number of ether oxygens (including phenoxy) is 1. The van der Waals surface area contributed by atoms with Crippen molar-refractivity contribution in [1.29, 1.82) is 0 Å². The van der Waals surface area contributed by atoms with Crippen LogP contribution in [0.4, 0.5) is 5.69 Å². The molecule has 1 heterocycles. The molecular formula is C15H18N4O5. The molecule has 0 atom stereocenters. The van der Waals surface area contributed by atoms with Gasteiger partial charge in [0.05, 0.1) is 11.5 Å². The third kappa shape index (κ3) is 4.13. The van der Waals surface area contributed by atoms with Crippen molar-refractivity contribution in [3.8, 4) is 11.5 Å². The van der Waals surface area contributed by atoms with E-state index in [4.69, 9.17) is 9.15 Å². The molecule has 0 radical (unpaired) electrons. The van der Waals surface area contributed by atoms with Crippen LogP contribution in [0, 0.1) is 10.1 Å². The lowest BCUT2D eigenvalue weighted by Crippen LogP contribution is -2.38. The molecular weight excluding hydrogens is 316 g/mol. The molecule has 128 valence electrons. The number of benzene rings is 1. The van der Waals surface area contributed by atoms with Crippen LogP contribution in [0.25, 0.3) is 11.5 Å². The monoisotopic (exact) mass is 334 g/mol. The van der Waals surface area contributed by atoms with Gasteiger partial charge in [-0.25, -0.2) is 0 Å². The van der Waals surface area contributed by atoms with E-state index >= 15 is 0 Å². The van der Waals surface area contributed by atoms with Crippen molar-refractivity contribution in [2.75, 3.05) is 13.7 Å². The summed E-state index contributed by atoms with van der Waals surface area (Å²) >= 11 is 0. The minimum absolute atomic E-state index is 0.0376. The molecule has 0 aliphatic rings. The van der Waals surface area contributed by atoms with Gasteiger partial charge in [0.15, 0.2) is 0 Å². The Morgan fingerprint density at radius 3 is 2.79 bits per heavy atom. The zero-order chi connectivity index (χ0) is 17.7. The van der Waals surface area contributed by atoms with Crippen molar-refractivity contribution in [1.82, 2.24) is 15.1 Å². The van der Waals surface area contributed by atoms with Gasteiger partial charge in [0, 0.05) is 30.8 Å². The molecule has 0 bridgehead atoms. The second-order valence-corrected chi connectivity index (χ2v) is 5.36. The number of carbonyl (C=O) groups excluding carboxylic acids is 1. The molecule has 0 aliphatic carbocycles. The van der Waals surface area contributed by atoms with E-state index in [1.165, 1.54) is 19.2 Å². The Morgan fingerprint density at radius 1 is 1.42 bits per heavy atom. The van der Waals surface area contributed by atoms with Gasteiger partial charge in [-0.2, -0.15) is 0 Å². The number of rotatable bonds is 7. The molecule has 0 spiro atoms. The topological polar surface area (TPSA) is 112 Å². The molecule has 1 aromatic heterocycles. The van der Waals surface area contributed by atoms with Crippen LogP contribution >= 0.6 is 0 Å². The van der Waals surface area contributed by atoms with Gasteiger partial charge in [0.25, 0.3) is 5.69 Å². The molecule has 2 aromatic rings. The highest BCUT2D eigenvalue weighted by atomic mass is 16.6. The second kappa shape index (κ2) is 7.64. The standard InChI is InChI=1S/C15H18N4O5/c1-10(2)18(14(20)9-23-3)8-13-16-17-15(24-13)11-5-4-6-12(7-11)19(21)22/h4-7,10H,8-9H2,1-3H3. The number of amides is 1. The Bertz CT molecular complexity index is 728. The predicted molar refractivity (Wildman–Crippen MR) is 84.0 cm³/mol. The smallest absolute Gasteiger partial charge is 0.270 e. The maximum atomic E-state index is 12.0. The lowest BCUT2D eigenvalue weighted by molar-refractivity contribution is -0.384. The van der Waals surface area contributed by atoms with E-state index in [1.54, 1.807) is 17.0 Å². The van der Waals surface area contributed by atoms with Gasteiger partial charge in [-0.05, 0) is 19.9 Å². The number of hydrogen-bond donors (Lipinski definition) is 0. The van der Waals surface area contributed by atoms with E-state index < -0.39 is 4.92 Å². The molecule has 0 saturated heterocycles. The number of carbonyl (C=O) groups is 1. The summed E-state index contributed by atoms with van der Waals surface area (Å²) in [4.78, 5) is 23.9. The van der Waals surface area contributed by atoms with E-state index in [2.05, 4.69) is 10.2 Å². The quantitative estimate of drug-likeness (QED) is 0.562. The van der Waals surface area contributed by atoms with Crippen LogP contribution in [0.2, 0.25) is 0 Å². The van der Waals surface area contributed by atoms with E-state index in [0.717, 1.165) is 0 Å². The summed E-state index contributed by atoms with van der Waals surface area (Å²) in [5, 5.41) is 18.6. The molecule has 1 amide bonds. The largest absolute Gasteiger partial charge is 0.419 e. The summed E-state index contributed by atoms with van der Waals surface area (Å²) in [5.41, 5.74) is 0.383. The predicted octanol–water partition coefficient (Wildman–Crippen LogP) is 2.03. The number of aromatic nitrogens is 2. The number of nitro benzene ring substituents is 1. The van der Waals surface area contributed by atoms with Gasteiger partial charge in [0.1, 0.15) is 6.61 Å². The Labute approximate surface area is 138 Å². The van der Waals surface area contributed by atoms with Crippen LogP contribution in [-0.2, 0) is 16.1 Å². The maximum absolute atomic E-state index is 12.0. The maximum Gasteiger partial charge on any atom is 0.270 e. The third-order valence-electron chi connectivity index (χ3n) is 3.29. The summed E-state index contributed by atoms with van der Waals surface area (Å²) < 4.78 is 10.4. The molecule has 9 nitrogen and oxygen atoms in total. The number of non-ortho nitro benzene ring substituents is 1. The van der Waals surface area contributed by atoms with Gasteiger partial charge < -0.3 is 14.1 Å². The van der Waals surface area contributed by atoms with E-state index in [1.807, 2.05) is 13.8 Å². The fraction of sp³-hybridized carbons (Fsp3) is 0.400. The van der Waals surface area contributed by atoms with E-state index in [0.29, 0.717) is 5.56 Å². The molecule has 24 heavy (non-hydrogen) atoms. The molecule has 0 saturated carbocycles. The van der Waals surface area contributed by atoms with Crippen LogP contribution in [0.3, 0.4) is 0 Å². The van der Waals surface area contributed by atoms with Crippen LogP contribution in [-0.4, -0.2) is 45.7 Å². The Morgan fingerprint density at radius 2 is 2.17 bits per heavy atom. The third-order valence-corrected chi connectivity index (χ3v) is 3.29. The molecule has 0 fully saturated rings. The van der Waals surface area contributed by atoms with Crippen molar-refractivity contribution in [2.45, 2.75) is 26.4 Å². The molecule has 1 aromatic carbocycles. The van der Waals surface area contributed by atoms with E-state index in [-0.39, 0.29) is 42.6 Å². The van der Waals surface area contributed by atoms with Crippen molar-refractivity contribution < 1.29 is 18.9 Å². The highest BCUT2D eigenvalue weighted by Gasteiger charge is 2.20. The number of hydrogen-bond acceptors (Lipinski definition) is 7. The minimum atomic E-state index is -0.495. The SMILES string of the molecule is COCC(=O)N(Cc1nnc(-c2cccc([N+](=O)[O-])c2)o1)C(C)C. The van der Waals surface area contributed by atoms with Crippen molar-refractivity contribution in [2.24, 2.45) is 0 Å². The van der Waals surface area contributed by atoms with Gasteiger partial charge in [-0.1, -0.05) is 6.07 Å². The normalized spacial score (nSPS) is 10.8. The molecule has 0 unspecified atom stereocenters. The highest BCUT2D eigenvalue weighted by molar-refractivity contribution is 5.77. The fourth-order valence-corrected chi connectivity index (χ4v) is 2.10. The van der Waals surface area contributed by atoms with Crippen LogP contribution in [0.5, 0.6) is 0 Å². The summed E-state index contributed by atoms with van der Waals surface area (Å²) in [6.07, 6.45) is 0. The van der Waals surface area contributed by atoms with Crippen molar-refractivity contribution in [3.05, 3.63) is 40.3 Å². The van der Waals surface area contributed by atoms with Gasteiger partial charge >= 0.3 is 0 Å². The second-order valence-electron chi connectivity index (χ2n) is 5.36. The summed E-state index contributed by atoms with van der Waals surface area (Å²) in [6, 6.07) is 5.85.